The maximum atomic E-state index is 6.27. The molecule has 4 atom stereocenters. The van der Waals surface area contributed by atoms with Crippen molar-refractivity contribution in [3.05, 3.63) is 0 Å². The van der Waals surface area contributed by atoms with E-state index in [0.717, 1.165) is 38.5 Å². The molecule has 0 aromatic rings. The molecule has 2 N–H and O–H groups in total. The van der Waals surface area contributed by atoms with Crippen molar-refractivity contribution < 1.29 is 4.74 Å². The SMILES string of the molecule is CCC1CC(CN)(N2CC3CCCN3CC2C)CCO1. The average molecular weight is 281 g/mol. The van der Waals surface area contributed by atoms with Crippen LogP contribution in [0.15, 0.2) is 0 Å². The monoisotopic (exact) mass is 281 g/mol. The Hall–Kier alpha value is -0.160. The molecule has 4 heteroatoms. The van der Waals surface area contributed by atoms with Crippen LogP contribution < -0.4 is 5.73 Å². The van der Waals surface area contributed by atoms with Gasteiger partial charge in [0, 0.05) is 43.9 Å². The van der Waals surface area contributed by atoms with Crippen molar-refractivity contribution in [2.45, 2.75) is 69.7 Å². The minimum atomic E-state index is 0.188. The lowest BCUT2D eigenvalue weighted by molar-refractivity contribution is -0.103. The van der Waals surface area contributed by atoms with Crippen LogP contribution in [0, 0.1) is 0 Å². The van der Waals surface area contributed by atoms with Gasteiger partial charge in [0.05, 0.1) is 6.10 Å². The second-order valence-electron chi connectivity index (χ2n) is 7.08. The van der Waals surface area contributed by atoms with Crippen molar-refractivity contribution in [2.24, 2.45) is 5.73 Å². The normalized spacial score (nSPS) is 43.6. The van der Waals surface area contributed by atoms with Crippen molar-refractivity contribution in [1.29, 1.82) is 0 Å². The first-order valence-corrected chi connectivity index (χ1v) is 8.51. The summed E-state index contributed by atoms with van der Waals surface area (Å²) in [7, 11) is 0. The molecule has 0 amide bonds. The lowest BCUT2D eigenvalue weighted by atomic mass is 9.82. The Morgan fingerprint density at radius 1 is 1.35 bits per heavy atom. The fraction of sp³-hybridized carbons (Fsp3) is 1.00. The molecule has 0 radical (unpaired) electrons. The molecule has 3 fully saturated rings. The number of piperazine rings is 1. The number of rotatable bonds is 3. The number of hydrogen-bond acceptors (Lipinski definition) is 4. The van der Waals surface area contributed by atoms with Crippen molar-refractivity contribution in [3.63, 3.8) is 0 Å². The Labute approximate surface area is 123 Å². The highest BCUT2D eigenvalue weighted by Gasteiger charge is 2.46. The zero-order valence-corrected chi connectivity index (χ0v) is 13.2. The van der Waals surface area contributed by atoms with Crippen LogP contribution in [0.3, 0.4) is 0 Å². The predicted octanol–water partition coefficient (Wildman–Crippen LogP) is 1.44. The molecule has 0 spiro atoms. The van der Waals surface area contributed by atoms with Crippen molar-refractivity contribution in [2.75, 3.05) is 32.8 Å². The van der Waals surface area contributed by atoms with Gasteiger partial charge in [-0.3, -0.25) is 9.80 Å². The minimum absolute atomic E-state index is 0.188. The fourth-order valence-corrected chi connectivity index (χ4v) is 4.67. The molecule has 3 saturated heterocycles. The third-order valence-electron chi connectivity index (χ3n) is 5.91. The Morgan fingerprint density at radius 3 is 2.95 bits per heavy atom. The Morgan fingerprint density at radius 2 is 2.20 bits per heavy atom. The van der Waals surface area contributed by atoms with E-state index in [1.165, 1.54) is 32.5 Å². The zero-order valence-electron chi connectivity index (χ0n) is 13.2. The lowest BCUT2D eigenvalue weighted by Crippen LogP contribution is -2.67. The van der Waals surface area contributed by atoms with Crippen LogP contribution in [0.5, 0.6) is 0 Å². The standard InChI is InChI=1S/C16H31N3O/c1-3-15-9-16(12-17,6-8-20-15)19-11-14-5-4-7-18(14)10-13(19)2/h13-15H,3-12,17H2,1-2H3. The molecule has 3 aliphatic rings. The molecule has 0 bridgehead atoms. The summed E-state index contributed by atoms with van der Waals surface area (Å²) in [4.78, 5) is 5.45. The van der Waals surface area contributed by atoms with E-state index in [1.54, 1.807) is 0 Å². The molecule has 4 nitrogen and oxygen atoms in total. The molecule has 116 valence electrons. The second kappa shape index (κ2) is 5.91. The van der Waals surface area contributed by atoms with Crippen molar-refractivity contribution in [1.82, 2.24) is 9.80 Å². The van der Waals surface area contributed by atoms with E-state index >= 15 is 0 Å². The van der Waals surface area contributed by atoms with Crippen LogP contribution >= 0.6 is 0 Å². The zero-order chi connectivity index (χ0) is 14.2. The highest BCUT2D eigenvalue weighted by molar-refractivity contribution is 5.03. The molecular formula is C16H31N3O. The Balaban J connectivity index is 1.77. The third kappa shape index (κ3) is 2.52. The van der Waals surface area contributed by atoms with E-state index in [4.69, 9.17) is 10.5 Å². The van der Waals surface area contributed by atoms with Gasteiger partial charge < -0.3 is 10.5 Å². The van der Waals surface area contributed by atoms with E-state index in [-0.39, 0.29) is 5.54 Å². The number of ether oxygens (including phenoxy) is 1. The number of nitrogens with two attached hydrogens (primary N) is 1. The molecule has 3 aliphatic heterocycles. The van der Waals surface area contributed by atoms with Gasteiger partial charge in [0.25, 0.3) is 0 Å². The summed E-state index contributed by atoms with van der Waals surface area (Å²) in [6, 6.07) is 1.40. The summed E-state index contributed by atoms with van der Waals surface area (Å²) in [5.41, 5.74) is 6.46. The summed E-state index contributed by atoms with van der Waals surface area (Å²) in [6.07, 6.45) is 6.49. The molecule has 0 aromatic carbocycles. The second-order valence-corrected chi connectivity index (χ2v) is 7.08. The Kier molecular flexibility index (Phi) is 4.37. The fourth-order valence-electron chi connectivity index (χ4n) is 4.67. The summed E-state index contributed by atoms with van der Waals surface area (Å²) in [5.74, 6) is 0. The molecule has 0 saturated carbocycles. The first kappa shape index (κ1) is 14.8. The van der Waals surface area contributed by atoms with Crippen LogP contribution in [0.25, 0.3) is 0 Å². The molecule has 3 rings (SSSR count). The third-order valence-corrected chi connectivity index (χ3v) is 5.91. The first-order chi connectivity index (χ1) is 9.68. The molecular weight excluding hydrogens is 250 g/mol. The van der Waals surface area contributed by atoms with Crippen LogP contribution in [0.1, 0.15) is 46.0 Å². The number of hydrogen-bond donors (Lipinski definition) is 1. The quantitative estimate of drug-likeness (QED) is 0.850. The largest absolute Gasteiger partial charge is 0.378 e. The van der Waals surface area contributed by atoms with Gasteiger partial charge in [-0.15, -0.1) is 0 Å². The van der Waals surface area contributed by atoms with Crippen molar-refractivity contribution in [3.8, 4) is 0 Å². The first-order valence-electron chi connectivity index (χ1n) is 8.51. The van der Waals surface area contributed by atoms with E-state index < -0.39 is 0 Å². The maximum absolute atomic E-state index is 6.27. The highest BCUT2D eigenvalue weighted by atomic mass is 16.5. The van der Waals surface area contributed by atoms with Crippen LogP contribution in [0.4, 0.5) is 0 Å². The lowest BCUT2D eigenvalue weighted by Gasteiger charge is -2.55. The molecule has 3 heterocycles. The molecule has 0 aliphatic carbocycles. The predicted molar refractivity (Wildman–Crippen MR) is 81.8 cm³/mol. The van der Waals surface area contributed by atoms with Gasteiger partial charge in [-0.1, -0.05) is 6.92 Å². The highest BCUT2D eigenvalue weighted by Crippen LogP contribution is 2.36. The molecule has 0 aromatic heterocycles. The van der Waals surface area contributed by atoms with E-state index in [2.05, 4.69) is 23.6 Å². The number of fused-ring (bicyclic) bond motifs is 1. The molecule has 4 unspecified atom stereocenters. The topological polar surface area (TPSA) is 41.7 Å². The maximum Gasteiger partial charge on any atom is 0.0590 e. The van der Waals surface area contributed by atoms with Gasteiger partial charge in [-0.2, -0.15) is 0 Å². The smallest absolute Gasteiger partial charge is 0.0590 e. The Bertz CT molecular complexity index is 338. The average Bonchev–Trinajstić information content (AvgIpc) is 2.93. The van der Waals surface area contributed by atoms with Gasteiger partial charge in [-0.05, 0) is 45.6 Å². The van der Waals surface area contributed by atoms with E-state index in [1.807, 2.05) is 0 Å². The van der Waals surface area contributed by atoms with Crippen LogP contribution in [0.2, 0.25) is 0 Å². The van der Waals surface area contributed by atoms with Gasteiger partial charge in [0.15, 0.2) is 0 Å². The van der Waals surface area contributed by atoms with Gasteiger partial charge in [0.1, 0.15) is 0 Å². The summed E-state index contributed by atoms with van der Waals surface area (Å²) >= 11 is 0. The summed E-state index contributed by atoms with van der Waals surface area (Å²) in [6.45, 7) is 10.0. The van der Waals surface area contributed by atoms with E-state index in [0.29, 0.717) is 12.1 Å². The van der Waals surface area contributed by atoms with E-state index in [9.17, 15) is 0 Å². The van der Waals surface area contributed by atoms with Crippen molar-refractivity contribution >= 4 is 0 Å². The van der Waals surface area contributed by atoms with Gasteiger partial charge in [0.2, 0.25) is 0 Å². The minimum Gasteiger partial charge on any atom is -0.378 e. The summed E-state index contributed by atoms with van der Waals surface area (Å²) < 4.78 is 5.90. The summed E-state index contributed by atoms with van der Waals surface area (Å²) in [5, 5.41) is 0. The van der Waals surface area contributed by atoms with Crippen LogP contribution in [-0.4, -0.2) is 66.3 Å². The number of nitrogens with zero attached hydrogens (tertiary/aromatic N) is 2. The van der Waals surface area contributed by atoms with Gasteiger partial charge >= 0.3 is 0 Å². The van der Waals surface area contributed by atoms with Crippen LogP contribution in [-0.2, 0) is 4.74 Å². The van der Waals surface area contributed by atoms with Gasteiger partial charge in [-0.25, -0.2) is 0 Å². The molecule has 20 heavy (non-hydrogen) atoms.